The van der Waals surface area contributed by atoms with Crippen LogP contribution in [0, 0.1) is 0 Å². The summed E-state index contributed by atoms with van der Waals surface area (Å²) in [7, 11) is 1.61. The number of hydrogen-bond donors (Lipinski definition) is 4. The van der Waals surface area contributed by atoms with Gasteiger partial charge in [0.1, 0.15) is 0 Å². The van der Waals surface area contributed by atoms with Gasteiger partial charge < -0.3 is 30.5 Å². The summed E-state index contributed by atoms with van der Waals surface area (Å²) in [5, 5.41) is 27.0. The van der Waals surface area contributed by atoms with Crippen molar-refractivity contribution in [1.29, 1.82) is 0 Å². The molecule has 39 heavy (non-hydrogen) atoms. The lowest BCUT2D eigenvalue weighted by Gasteiger charge is -2.25. The van der Waals surface area contributed by atoms with E-state index >= 15 is 0 Å². The lowest BCUT2D eigenvalue weighted by atomic mass is 10.1. The number of aliphatic hydroxyl groups excluding tert-OH is 1. The summed E-state index contributed by atoms with van der Waals surface area (Å²) in [6.07, 6.45) is 4.11. The van der Waals surface area contributed by atoms with Gasteiger partial charge in [-0.05, 0) is 92.8 Å². The predicted molar refractivity (Wildman–Crippen MR) is 156 cm³/mol. The van der Waals surface area contributed by atoms with E-state index < -0.39 is 24.1 Å². The number of unbranched alkanes of at least 4 members (excludes halogenated alkanes) is 3. The zero-order valence-electron chi connectivity index (χ0n) is 22.4. The molecule has 8 nitrogen and oxygen atoms in total. The molecule has 0 aromatic heterocycles. The molecule has 0 saturated carbocycles. The summed E-state index contributed by atoms with van der Waals surface area (Å²) in [5.74, 6) is -2.02. The highest BCUT2D eigenvalue weighted by atomic mass is 35.5. The maximum absolute atomic E-state index is 12.9. The highest BCUT2D eigenvalue weighted by Crippen LogP contribution is 2.26. The summed E-state index contributed by atoms with van der Waals surface area (Å²) in [6, 6.07) is 11.9. The number of nitrogens with zero attached hydrogens (tertiary/aromatic N) is 1. The molecule has 0 heterocycles. The van der Waals surface area contributed by atoms with Gasteiger partial charge in [-0.2, -0.15) is 0 Å². The second-order valence-corrected chi connectivity index (χ2v) is 10.7. The zero-order valence-corrected chi connectivity index (χ0v) is 23.9. The fraction of sp³-hybridized carbons (Fsp3) is 0.517. The number of likely N-dealkylation sites (N-methyl/N-ethyl adjacent to an activating group) is 1. The number of nitrogens with one attached hydrogen (secondary N) is 2. The number of carbonyl (C=O) groups excluding carboxylic acids is 1. The Morgan fingerprint density at radius 2 is 1.59 bits per heavy atom. The van der Waals surface area contributed by atoms with Gasteiger partial charge in [-0.15, -0.1) is 0 Å². The van der Waals surface area contributed by atoms with Crippen molar-refractivity contribution in [2.24, 2.45) is 0 Å². The molecule has 1 aliphatic rings. The Balaban J connectivity index is 1.33. The highest BCUT2D eigenvalue weighted by Gasteiger charge is 2.34. The maximum Gasteiger partial charge on any atom is 0.335 e. The van der Waals surface area contributed by atoms with Crippen LogP contribution in [0.5, 0.6) is 0 Å². The molecule has 3 rings (SSSR count). The molecular formula is C29H39Cl2N3O5. The van der Waals surface area contributed by atoms with E-state index in [9.17, 15) is 19.8 Å². The molecule has 2 aromatic rings. The summed E-state index contributed by atoms with van der Waals surface area (Å²) >= 11 is 11.9. The number of aliphatic carboxylic acids is 1. The van der Waals surface area contributed by atoms with E-state index in [0.29, 0.717) is 36.0 Å². The van der Waals surface area contributed by atoms with E-state index in [1.165, 1.54) is 28.9 Å². The Labute approximate surface area is 240 Å². The molecular weight excluding hydrogens is 541 g/mol. The lowest BCUT2D eigenvalue weighted by molar-refractivity contribution is -0.166. The second-order valence-electron chi connectivity index (χ2n) is 9.92. The van der Waals surface area contributed by atoms with Crippen LogP contribution >= 0.6 is 23.2 Å². The standard InChI is InChI=1S/C29H39Cl2N3O5/c1-34(16-5-2-3-14-32-22-11-10-20-8-7-9-21(20)18-22)28(36)27(26(35)29(37)38)39-17-6-4-15-33-23-12-13-24(30)25(31)19-23/h10-13,18-19,26-27,32-33,35H,2-9,14-17H2,1H3,(H,37,38)/t26-,27-/m1/s1. The summed E-state index contributed by atoms with van der Waals surface area (Å²) in [6.45, 7) is 2.08. The smallest absolute Gasteiger partial charge is 0.335 e. The average Bonchev–Trinajstić information content (AvgIpc) is 3.39. The highest BCUT2D eigenvalue weighted by molar-refractivity contribution is 6.42. The molecule has 0 fully saturated rings. The van der Waals surface area contributed by atoms with Crippen molar-refractivity contribution in [3.05, 3.63) is 57.6 Å². The number of halogens is 2. The van der Waals surface area contributed by atoms with Crippen molar-refractivity contribution in [3.8, 4) is 0 Å². The molecule has 1 aliphatic carbocycles. The number of aryl methyl sites for hydroxylation is 2. The van der Waals surface area contributed by atoms with Crippen molar-refractivity contribution in [2.75, 3.05) is 43.9 Å². The van der Waals surface area contributed by atoms with Crippen LogP contribution in [0.4, 0.5) is 11.4 Å². The topological polar surface area (TPSA) is 111 Å². The molecule has 0 bridgehead atoms. The number of carboxylic acids is 1. The number of amides is 1. The van der Waals surface area contributed by atoms with Gasteiger partial charge in [0.2, 0.25) is 0 Å². The minimum atomic E-state index is -1.93. The molecule has 0 radical (unpaired) electrons. The van der Waals surface area contributed by atoms with E-state index in [-0.39, 0.29) is 6.61 Å². The van der Waals surface area contributed by atoms with E-state index in [1.807, 2.05) is 6.07 Å². The molecule has 10 heteroatoms. The molecule has 0 spiro atoms. The van der Waals surface area contributed by atoms with Gasteiger partial charge in [0, 0.05) is 44.7 Å². The van der Waals surface area contributed by atoms with Crippen molar-refractivity contribution < 1.29 is 24.5 Å². The summed E-state index contributed by atoms with van der Waals surface area (Å²) in [5.41, 5.74) is 4.89. The van der Waals surface area contributed by atoms with E-state index in [4.69, 9.17) is 27.9 Å². The average molecular weight is 581 g/mol. The number of benzene rings is 2. The monoisotopic (exact) mass is 579 g/mol. The van der Waals surface area contributed by atoms with Crippen LogP contribution < -0.4 is 10.6 Å². The Morgan fingerprint density at radius 3 is 2.31 bits per heavy atom. The molecule has 0 saturated heterocycles. The fourth-order valence-electron chi connectivity index (χ4n) is 4.60. The number of aliphatic hydroxyl groups is 1. The van der Waals surface area contributed by atoms with E-state index in [2.05, 4.69) is 28.8 Å². The van der Waals surface area contributed by atoms with Crippen LogP contribution in [0.2, 0.25) is 10.0 Å². The van der Waals surface area contributed by atoms with Crippen molar-refractivity contribution in [3.63, 3.8) is 0 Å². The number of hydrogen-bond acceptors (Lipinski definition) is 6. The predicted octanol–water partition coefficient (Wildman–Crippen LogP) is 5.25. The third kappa shape index (κ3) is 9.87. The first-order valence-corrected chi connectivity index (χ1v) is 14.3. The van der Waals surface area contributed by atoms with Crippen molar-refractivity contribution >= 4 is 46.5 Å². The first kappa shape index (κ1) is 31.0. The summed E-state index contributed by atoms with van der Waals surface area (Å²) in [4.78, 5) is 25.7. The normalized spacial score (nSPS) is 13.9. The second kappa shape index (κ2) is 15.9. The Morgan fingerprint density at radius 1 is 0.923 bits per heavy atom. The first-order valence-electron chi connectivity index (χ1n) is 13.6. The Hall–Kier alpha value is -2.52. The van der Waals surface area contributed by atoms with Crippen LogP contribution in [-0.4, -0.2) is 72.5 Å². The van der Waals surface area contributed by atoms with Gasteiger partial charge in [0.25, 0.3) is 5.91 Å². The fourth-order valence-corrected chi connectivity index (χ4v) is 4.89. The SMILES string of the molecule is CN(CCCCCNc1ccc2c(c1)CCC2)C(=O)[C@H](OCCCCNc1ccc(Cl)c(Cl)c1)[C@@H](O)C(=O)O. The molecule has 0 unspecified atom stereocenters. The molecule has 0 aliphatic heterocycles. The van der Waals surface area contributed by atoms with Gasteiger partial charge in [0.15, 0.2) is 12.2 Å². The van der Waals surface area contributed by atoms with Crippen LogP contribution in [0.25, 0.3) is 0 Å². The largest absolute Gasteiger partial charge is 0.479 e. The van der Waals surface area contributed by atoms with Crippen molar-refractivity contribution in [2.45, 2.75) is 63.6 Å². The summed E-state index contributed by atoms with van der Waals surface area (Å²) < 4.78 is 5.56. The number of ether oxygens (including phenoxy) is 1. The number of carbonyl (C=O) groups is 2. The molecule has 214 valence electrons. The van der Waals surface area contributed by atoms with Crippen LogP contribution in [0.1, 0.15) is 49.7 Å². The Bertz CT molecular complexity index is 1100. The zero-order chi connectivity index (χ0) is 28.2. The molecule has 2 aromatic carbocycles. The first-order chi connectivity index (χ1) is 18.8. The van der Waals surface area contributed by atoms with Crippen LogP contribution in [-0.2, 0) is 27.2 Å². The van der Waals surface area contributed by atoms with Gasteiger partial charge in [-0.3, -0.25) is 4.79 Å². The van der Waals surface area contributed by atoms with Crippen LogP contribution in [0.15, 0.2) is 36.4 Å². The number of fused-ring (bicyclic) bond motifs is 1. The van der Waals surface area contributed by atoms with Crippen molar-refractivity contribution in [1.82, 2.24) is 4.90 Å². The molecule has 2 atom stereocenters. The minimum absolute atomic E-state index is 0.145. The van der Waals surface area contributed by atoms with Gasteiger partial charge in [-0.1, -0.05) is 29.3 Å². The number of anilines is 2. The Kier molecular flexibility index (Phi) is 12.7. The molecule has 1 amide bonds. The molecule has 4 N–H and O–H groups in total. The maximum atomic E-state index is 12.9. The third-order valence-corrected chi connectivity index (χ3v) is 7.61. The minimum Gasteiger partial charge on any atom is -0.479 e. The number of carboxylic acid groups (broad SMARTS) is 1. The van der Waals surface area contributed by atoms with Crippen LogP contribution in [0.3, 0.4) is 0 Å². The van der Waals surface area contributed by atoms with Gasteiger partial charge in [0.05, 0.1) is 10.0 Å². The quantitative estimate of drug-likeness (QED) is 0.189. The van der Waals surface area contributed by atoms with E-state index in [0.717, 1.165) is 43.6 Å². The van der Waals surface area contributed by atoms with Gasteiger partial charge in [-0.25, -0.2) is 4.79 Å². The lowest BCUT2D eigenvalue weighted by Crippen LogP contribution is -2.48. The number of rotatable bonds is 17. The van der Waals surface area contributed by atoms with E-state index in [1.54, 1.807) is 19.2 Å². The third-order valence-electron chi connectivity index (χ3n) is 6.87. The van der Waals surface area contributed by atoms with Gasteiger partial charge >= 0.3 is 5.97 Å².